The first kappa shape index (κ1) is 28.6. The van der Waals surface area contributed by atoms with Crippen LogP contribution in [-0.2, 0) is 19.4 Å². The molecule has 1 heterocycles. The van der Waals surface area contributed by atoms with Crippen molar-refractivity contribution in [1.82, 2.24) is 5.32 Å². The molecule has 2 aliphatic rings. The number of rotatable bonds is 7. The average molecular weight is 793 g/mol. The first-order chi connectivity index (χ1) is 18.4. The van der Waals surface area contributed by atoms with Crippen LogP contribution in [0.3, 0.4) is 0 Å². The minimum Gasteiger partial charge on any atom is -0.487 e. The van der Waals surface area contributed by atoms with Crippen molar-refractivity contribution in [1.29, 1.82) is 0 Å². The summed E-state index contributed by atoms with van der Waals surface area (Å²) in [6, 6.07) is 9.93. The maximum Gasteiger partial charge on any atom is 0.254 e. The Balaban J connectivity index is 1.35. The van der Waals surface area contributed by atoms with E-state index in [-0.39, 0.29) is 11.9 Å². The van der Waals surface area contributed by atoms with Crippen molar-refractivity contribution in [2.75, 3.05) is 0 Å². The van der Waals surface area contributed by atoms with Crippen LogP contribution in [0.25, 0.3) is 0 Å². The van der Waals surface area contributed by atoms with Gasteiger partial charge in [-0.2, -0.15) is 0 Å². The van der Waals surface area contributed by atoms with E-state index in [4.69, 9.17) is 32.9 Å². The van der Waals surface area contributed by atoms with Crippen LogP contribution >= 0.6 is 79.7 Å². The molecule has 3 aromatic rings. The third-order valence-corrected chi connectivity index (χ3v) is 10.6. The van der Waals surface area contributed by atoms with E-state index in [1.807, 2.05) is 18.3 Å². The van der Waals surface area contributed by atoms with Crippen molar-refractivity contribution in [3.05, 3.63) is 74.6 Å². The number of hydrogen-bond acceptors (Lipinski definition) is 4. The predicted molar refractivity (Wildman–Crippen MR) is 175 cm³/mol. The number of benzene rings is 2. The molecule has 38 heavy (non-hydrogen) atoms. The Kier molecular flexibility index (Phi) is 9.94. The number of nitrogens with one attached hydrogen (secondary N) is 1. The van der Waals surface area contributed by atoms with Crippen molar-refractivity contribution in [3.63, 3.8) is 0 Å². The fourth-order valence-electron chi connectivity index (χ4n) is 5.09. The van der Waals surface area contributed by atoms with Crippen molar-refractivity contribution in [2.24, 2.45) is 4.99 Å². The van der Waals surface area contributed by atoms with Crippen molar-refractivity contribution < 1.29 is 9.53 Å². The monoisotopic (exact) mass is 792 g/mol. The van der Waals surface area contributed by atoms with E-state index in [1.54, 1.807) is 17.4 Å². The highest BCUT2D eigenvalue weighted by Crippen LogP contribution is 2.40. The summed E-state index contributed by atoms with van der Waals surface area (Å²) in [6.07, 6.45) is 12.0. The van der Waals surface area contributed by atoms with Crippen LogP contribution in [-0.4, -0.2) is 18.2 Å². The molecule has 2 aliphatic carbocycles. The molecule has 200 valence electrons. The number of amides is 1. The first-order valence-corrected chi connectivity index (χ1v) is 16.7. The van der Waals surface area contributed by atoms with E-state index in [2.05, 4.69) is 62.6 Å². The summed E-state index contributed by atoms with van der Waals surface area (Å²) in [5, 5.41) is 5.21. The lowest BCUT2D eigenvalue weighted by atomic mass is 9.93. The van der Waals surface area contributed by atoms with Gasteiger partial charge in [-0.05, 0) is 125 Å². The van der Waals surface area contributed by atoms with Crippen LogP contribution in [0.1, 0.15) is 76.9 Å². The number of carbonyl (C=O) groups is 1. The molecular formula is C29H28Cl2I2N2O2S. The lowest BCUT2D eigenvalue weighted by molar-refractivity contribution is 0.0927. The number of aryl methyl sites for hydroxylation is 1. The Morgan fingerprint density at radius 1 is 1.03 bits per heavy atom. The second-order valence-corrected chi connectivity index (χ2v) is 14.0. The van der Waals surface area contributed by atoms with E-state index in [9.17, 15) is 4.79 Å². The van der Waals surface area contributed by atoms with Gasteiger partial charge in [0.2, 0.25) is 0 Å². The maximum atomic E-state index is 13.4. The lowest BCUT2D eigenvalue weighted by Crippen LogP contribution is -2.36. The highest BCUT2D eigenvalue weighted by Gasteiger charge is 2.27. The average Bonchev–Trinajstić information content (AvgIpc) is 3.28. The molecule has 4 nitrogen and oxygen atoms in total. The molecule has 0 radical (unpaired) electrons. The first-order valence-electron chi connectivity index (χ1n) is 12.9. The fourth-order valence-corrected chi connectivity index (χ4v) is 8.77. The van der Waals surface area contributed by atoms with Crippen LogP contribution in [0, 0.1) is 7.14 Å². The summed E-state index contributed by atoms with van der Waals surface area (Å²) in [5.41, 5.74) is 3.96. The predicted octanol–water partition coefficient (Wildman–Crippen LogP) is 9.53. The Bertz CT molecular complexity index is 1350. The third-order valence-electron chi connectivity index (χ3n) is 7.04. The molecule has 0 aliphatic heterocycles. The standard InChI is InChI=1S/C29H28Cl2I2N2O2S/c30-21-11-10-17(12-22(21)31)16-37-27-23(32)13-18(14-24(27)33)15-34-29-26(20-8-4-5-9-25(20)38-29)28(36)35-19-6-2-1-3-7-19/h10-15,19H,1-9,16H2,(H,35,36). The Hall–Kier alpha value is -0.880. The van der Waals surface area contributed by atoms with Gasteiger partial charge in [-0.15, -0.1) is 11.3 Å². The molecule has 1 amide bonds. The molecule has 1 saturated carbocycles. The second-order valence-electron chi connectivity index (χ2n) is 9.81. The quantitative estimate of drug-likeness (QED) is 0.192. The number of carbonyl (C=O) groups excluding carboxylic acids is 1. The molecule has 5 rings (SSSR count). The molecule has 1 fully saturated rings. The lowest BCUT2D eigenvalue weighted by Gasteiger charge is -2.23. The maximum absolute atomic E-state index is 13.4. The van der Waals surface area contributed by atoms with E-state index in [1.165, 1.54) is 36.1 Å². The highest BCUT2D eigenvalue weighted by atomic mass is 127. The smallest absolute Gasteiger partial charge is 0.254 e. The van der Waals surface area contributed by atoms with E-state index < -0.39 is 0 Å². The molecule has 0 unspecified atom stereocenters. The molecule has 2 aromatic carbocycles. The van der Waals surface area contributed by atoms with Gasteiger partial charge < -0.3 is 10.1 Å². The molecule has 1 aromatic heterocycles. The number of halogens is 4. The summed E-state index contributed by atoms with van der Waals surface area (Å²) in [7, 11) is 0. The molecule has 1 N–H and O–H groups in total. The van der Waals surface area contributed by atoms with Gasteiger partial charge in [-0.3, -0.25) is 4.79 Å². The van der Waals surface area contributed by atoms with E-state index >= 15 is 0 Å². The van der Waals surface area contributed by atoms with Crippen LogP contribution in [0.5, 0.6) is 5.75 Å². The number of nitrogens with zero attached hydrogens (tertiary/aromatic N) is 1. The summed E-state index contributed by atoms with van der Waals surface area (Å²) in [4.78, 5) is 19.7. The normalized spacial score (nSPS) is 16.0. The summed E-state index contributed by atoms with van der Waals surface area (Å²) in [6.45, 7) is 0.399. The van der Waals surface area contributed by atoms with Gasteiger partial charge >= 0.3 is 0 Å². The zero-order valence-corrected chi connectivity index (χ0v) is 27.4. The number of thiophene rings is 1. The van der Waals surface area contributed by atoms with Crippen molar-refractivity contribution >= 4 is 96.8 Å². The van der Waals surface area contributed by atoms with Gasteiger partial charge in [0.15, 0.2) is 0 Å². The molecule has 0 atom stereocenters. The number of aliphatic imine (C=N–C) groups is 1. The summed E-state index contributed by atoms with van der Waals surface area (Å²) >= 11 is 18.5. The van der Waals surface area contributed by atoms with Gasteiger partial charge in [-0.25, -0.2) is 4.99 Å². The van der Waals surface area contributed by atoms with Crippen molar-refractivity contribution in [2.45, 2.75) is 70.4 Å². The largest absolute Gasteiger partial charge is 0.487 e. The zero-order chi connectivity index (χ0) is 26.6. The van der Waals surface area contributed by atoms with Crippen LogP contribution < -0.4 is 10.1 Å². The number of hydrogen-bond donors (Lipinski definition) is 1. The molecule has 0 bridgehead atoms. The summed E-state index contributed by atoms with van der Waals surface area (Å²) in [5.74, 6) is 0.882. The summed E-state index contributed by atoms with van der Waals surface area (Å²) < 4.78 is 8.13. The van der Waals surface area contributed by atoms with Gasteiger partial charge in [-0.1, -0.05) is 48.5 Å². The zero-order valence-electron chi connectivity index (χ0n) is 20.8. The molecule has 9 heteroatoms. The molecule has 0 spiro atoms. The molecule has 0 saturated heterocycles. The Morgan fingerprint density at radius 2 is 1.76 bits per heavy atom. The third kappa shape index (κ3) is 6.87. The SMILES string of the molecule is O=C(NC1CCCCC1)c1c(N=Cc2cc(I)c(OCc3ccc(Cl)c(Cl)c3)c(I)c2)sc2c1CCCC2. The van der Waals surface area contributed by atoms with Gasteiger partial charge in [0.25, 0.3) is 5.91 Å². The minimum atomic E-state index is 0.0543. The van der Waals surface area contributed by atoms with Crippen LogP contribution in [0.15, 0.2) is 35.3 Å². The van der Waals surface area contributed by atoms with Gasteiger partial charge in [0.05, 0.1) is 22.7 Å². The molecular weight excluding hydrogens is 765 g/mol. The van der Waals surface area contributed by atoms with Crippen molar-refractivity contribution in [3.8, 4) is 5.75 Å². The Labute approximate surface area is 265 Å². The van der Waals surface area contributed by atoms with Gasteiger partial charge in [0.1, 0.15) is 17.4 Å². The second kappa shape index (κ2) is 13.2. The topological polar surface area (TPSA) is 50.7 Å². The highest BCUT2D eigenvalue weighted by molar-refractivity contribution is 14.1. The van der Waals surface area contributed by atoms with E-state index in [0.717, 1.165) is 66.7 Å². The fraction of sp³-hybridized carbons (Fsp3) is 0.379. The number of fused-ring (bicyclic) bond motifs is 1. The minimum absolute atomic E-state index is 0.0543. The number of ether oxygens (including phenoxy) is 1. The van der Waals surface area contributed by atoms with E-state index in [0.29, 0.717) is 16.7 Å². The van der Waals surface area contributed by atoms with Gasteiger partial charge in [0, 0.05) is 17.1 Å². The Morgan fingerprint density at radius 3 is 2.50 bits per heavy atom. The van der Waals surface area contributed by atoms with Crippen LogP contribution in [0.4, 0.5) is 5.00 Å². The van der Waals surface area contributed by atoms with Crippen LogP contribution in [0.2, 0.25) is 10.0 Å².